The maximum absolute atomic E-state index is 12.4. The SMILES string of the molecule is CC(CC(=O)O)CC(=O)Nc1ccccc1SC(F)F. The summed E-state index contributed by atoms with van der Waals surface area (Å²) in [5.41, 5.74) is 0.310. The number of carbonyl (C=O) groups excluding carboxylic acids is 1. The van der Waals surface area contributed by atoms with Crippen LogP contribution < -0.4 is 5.32 Å². The minimum absolute atomic E-state index is 0.0278. The van der Waals surface area contributed by atoms with Gasteiger partial charge in [-0.05, 0) is 18.1 Å². The fraction of sp³-hybridized carbons (Fsp3) is 0.385. The number of benzene rings is 1. The van der Waals surface area contributed by atoms with Gasteiger partial charge in [-0.1, -0.05) is 30.8 Å². The smallest absolute Gasteiger partial charge is 0.303 e. The van der Waals surface area contributed by atoms with Gasteiger partial charge in [-0.25, -0.2) is 0 Å². The fourth-order valence-corrected chi connectivity index (χ4v) is 2.25. The van der Waals surface area contributed by atoms with E-state index in [2.05, 4.69) is 5.32 Å². The zero-order valence-corrected chi connectivity index (χ0v) is 11.6. The molecule has 0 saturated heterocycles. The van der Waals surface area contributed by atoms with Crippen LogP contribution in [0.2, 0.25) is 0 Å². The molecule has 2 N–H and O–H groups in total. The number of carbonyl (C=O) groups is 2. The third-order valence-corrected chi connectivity index (χ3v) is 3.22. The Balaban J connectivity index is 2.63. The first-order valence-electron chi connectivity index (χ1n) is 5.94. The minimum Gasteiger partial charge on any atom is -0.481 e. The van der Waals surface area contributed by atoms with Crippen molar-refractivity contribution in [1.29, 1.82) is 0 Å². The van der Waals surface area contributed by atoms with E-state index in [0.717, 1.165) is 0 Å². The van der Waals surface area contributed by atoms with Crippen LogP contribution in [-0.2, 0) is 9.59 Å². The van der Waals surface area contributed by atoms with Crippen molar-refractivity contribution in [1.82, 2.24) is 0 Å². The van der Waals surface area contributed by atoms with Crippen LogP contribution in [0.3, 0.4) is 0 Å². The number of nitrogens with one attached hydrogen (secondary N) is 1. The average Bonchev–Trinajstić information content (AvgIpc) is 2.29. The third-order valence-electron chi connectivity index (χ3n) is 2.43. The molecule has 0 aromatic heterocycles. The Morgan fingerprint density at radius 1 is 1.30 bits per heavy atom. The normalized spacial score (nSPS) is 12.2. The van der Waals surface area contributed by atoms with Crippen molar-refractivity contribution in [3.8, 4) is 0 Å². The van der Waals surface area contributed by atoms with Crippen LogP contribution >= 0.6 is 11.8 Å². The largest absolute Gasteiger partial charge is 0.481 e. The minimum atomic E-state index is -2.57. The average molecular weight is 303 g/mol. The molecule has 1 rings (SSSR count). The van der Waals surface area contributed by atoms with E-state index in [-0.39, 0.29) is 29.6 Å². The van der Waals surface area contributed by atoms with E-state index in [4.69, 9.17) is 5.11 Å². The van der Waals surface area contributed by atoms with E-state index in [9.17, 15) is 18.4 Å². The Hall–Kier alpha value is -1.63. The van der Waals surface area contributed by atoms with Crippen molar-refractivity contribution in [2.75, 3.05) is 5.32 Å². The second-order valence-electron chi connectivity index (χ2n) is 4.33. The molecule has 0 spiro atoms. The molecule has 110 valence electrons. The number of aliphatic carboxylic acids is 1. The van der Waals surface area contributed by atoms with Gasteiger partial charge < -0.3 is 10.4 Å². The molecule has 1 aromatic carbocycles. The van der Waals surface area contributed by atoms with E-state index in [0.29, 0.717) is 17.4 Å². The number of amides is 1. The number of thioether (sulfide) groups is 1. The summed E-state index contributed by atoms with van der Waals surface area (Å²) in [5.74, 6) is -4.25. The van der Waals surface area contributed by atoms with Crippen LogP contribution in [0.5, 0.6) is 0 Å². The highest BCUT2D eigenvalue weighted by molar-refractivity contribution is 7.99. The Morgan fingerprint density at radius 3 is 2.55 bits per heavy atom. The number of alkyl halides is 2. The number of hydrogen-bond donors (Lipinski definition) is 2. The maximum atomic E-state index is 12.4. The summed E-state index contributed by atoms with van der Waals surface area (Å²) >= 11 is 0.354. The van der Waals surface area contributed by atoms with Crippen molar-refractivity contribution in [3.63, 3.8) is 0 Å². The molecule has 7 heteroatoms. The molecule has 1 unspecified atom stereocenters. The summed E-state index contributed by atoms with van der Waals surface area (Å²) in [6.45, 7) is 1.65. The van der Waals surface area contributed by atoms with Crippen LogP contribution in [0.1, 0.15) is 19.8 Å². The zero-order valence-electron chi connectivity index (χ0n) is 10.8. The van der Waals surface area contributed by atoms with Crippen LogP contribution in [0.4, 0.5) is 14.5 Å². The number of anilines is 1. The lowest BCUT2D eigenvalue weighted by Gasteiger charge is -2.12. The van der Waals surface area contributed by atoms with E-state index in [1.807, 2.05) is 0 Å². The van der Waals surface area contributed by atoms with Crippen LogP contribution in [-0.4, -0.2) is 22.7 Å². The Morgan fingerprint density at radius 2 is 1.95 bits per heavy atom. The Kier molecular flexibility index (Phi) is 6.44. The molecule has 0 heterocycles. The van der Waals surface area contributed by atoms with E-state index >= 15 is 0 Å². The molecule has 1 aromatic rings. The quantitative estimate of drug-likeness (QED) is 0.757. The number of hydrogen-bond acceptors (Lipinski definition) is 3. The molecule has 0 aliphatic carbocycles. The summed E-state index contributed by atoms with van der Waals surface area (Å²) in [4.78, 5) is 22.5. The first-order chi connectivity index (χ1) is 9.38. The first kappa shape index (κ1) is 16.4. The number of halogens is 2. The van der Waals surface area contributed by atoms with Crippen molar-refractivity contribution >= 4 is 29.3 Å². The second kappa shape index (κ2) is 7.84. The predicted molar refractivity (Wildman–Crippen MR) is 73.0 cm³/mol. The lowest BCUT2D eigenvalue weighted by molar-refractivity contribution is -0.138. The van der Waals surface area contributed by atoms with Gasteiger partial charge in [0.1, 0.15) is 0 Å². The summed E-state index contributed by atoms with van der Waals surface area (Å²) < 4.78 is 24.8. The van der Waals surface area contributed by atoms with Gasteiger partial charge in [0.25, 0.3) is 5.76 Å². The van der Waals surface area contributed by atoms with Crippen molar-refractivity contribution in [2.45, 2.75) is 30.4 Å². The molecule has 1 amide bonds. The van der Waals surface area contributed by atoms with E-state index in [1.54, 1.807) is 19.1 Å². The monoisotopic (exact) mass is 303 g/mol. The molecular weight excluding hydrogens is 288 g/mol. The van der Waals surface area contributed by atoms with Gasteiger partial charge in [-0.15, -0.1) is 0 Å². The molecule has 0 radical (unpaired) electrons. The highest BCUT2D eigenvalue weighted by Crippen LogP contribution is 2.31. The van der Waals surface area contributed by atoms with Crippen molar-refractivity contribution in [3.05, 3.63) is 24.3 Å². The Bertz CT molecular complexity index is 482. The van der Waals surface area contributed by atoms with Crippen LogP contribution in [0, 0.1) is 5.92 Å². The van der Waals surface area contributed by atoms with Gasteiger partial charge in [-0.3, -0.25) is 9.59 Å². The fourth-order valence-electron chi connectivity index (χ4n) is 1.66. The van der Waals surface area contributed by atoms with Gasteiger partial charge in [0.15, 0.2) is 0 Å². The lowest BCUT2D eigenvalue weighted by atomic mass is 10.0. The van der Waals surface area contributed by atoms with Crippen molar-refractivity contribution in [2.24, 2.45) is 5.92 Å². The first-order valence-corrected chi connectivity index (χ1v) is 6.82. The van der Waals surface area contributed by atoms with Gasteiger partial charge in [-0.2, -0.15) is 8.78 Å². The summed E-state index contributed by atoms with van der Waals surface area (Å²) in [6, 6.07) is 6.26. The summed E-state index contributed by atoms with van der Waals surface area (Å²) in [5, 5.41) is 11.1. The van der Waals surface area contributed by atoms with Crippen LogP contribution in [0.15, 0.2) is 29.2 Å². The molecule has 0 aliphatic rings. The highest BCUT2D eigenvalue weighted by atomic mass is 32.2. The molecule has 0 bridgehead atoms. The van der Waals surface area contributed by atoms with Gasteiger partial charge in [0.05, 0.1) is 5.69 Å². The number of carboxylic acids is 1. The number of para-hydroxylation sites is 1. The third kappa shape index (κ3) is 6.01. The van der Waals surface area contributed by atoms with Crippen LogP contribution in [0.25, 0.3) is 0 Å². The lowest BCUT2D eigenvalue weighted by Crippen LogP contribution is -2.17. The molecule has 20 heavy (non-hydrogen) atoms. The predicted octanol–water partition coefficient (Wildman–Crippen LogP) is 3.44. The number of carboxylic acid groups (broad SMARTS) is 1. The number of rotatable bonds is 7. The molecule has 0 aliphatic heterocycles. The Labute approximate surface area is 119 Å². The van der Waals surface area contributed by atoms with Gasteiger partial charge in [0, 0.05) is 17.7 Å². The molecule has 1 atom stereocenters. The standard InChI is InChI=1S/C13H15F2NO3S/c1-8(7-12(18)19)6-11(17)16-9-4-2-3-5-10(9)20-13(14)15/h2-5,8,13H,6-7H2,1H3,(H,16,17)(H,18,19). The zero-order chi connectivity index (χ0) is 15.1. The van der Waals surface area contributed by atoms with E-state index < -0.39 is 11.7 Å². The van der Waals surface area contributed by atoms with Crippen molar-refractivity contribution < 1.29 is 23.5 Å². The van der Waals surface area contributed by atoms with Gasteiger partial charge in [0.2, 0.25) is 5.91 Å². The molecule has 0 saturated carbocycles. The molecule has 0 fully saturated rings. The summed E-state index contributed by atoms with van der Waals surface area (Å²) in [7, 11) is 0. The van der Waals surface area contributed by atoms with E-state index in [1.165, 1.54) is 12.1 Å². The second-order valence-corrected chi connectivity index (χ2v) is 5.36. The molecular formula is C13H15F2NO3S. The topological polar surface area (TPSA) is 66.4 Å². The molecule has 4 nitrogen and oxygen atoms in total. The highest BCUT2D eigenvalue weighted by Gasteiger charge is 2.15. The summed E-state index contributed by atoms with van der Waals surface area (Å²) in [6.07, 6.45) is -0.0825. The van der Waals surface area contributed by atoms with Gasteiger partial charge >= 0.3 is 5.97 Å². The maximum Gasteiger partial charge on any atom is 0.303 e.